The molecule has 9 nitrogen and oxygen atoms in total. The van der Waals surface area contributed by atoms with E-state index in [2.05, 4.69) is 10.5 Å². The van der Waals surface area contributed by atoms with Crippen LogP contribution in [0.3, 0.4) is 0 Å². The van der Waals surface area contributed by atoms with Crippen LogP contribution in [-0.4, -0.2) is 71.1 Å². The van der Waals surface area contributed by atoms with E-state index in [-0.39, 0.29) is 23.8 Å². The van der Waals surface area contributed by atoms with Crippen LogP contribution >= 0.6 is 0 Å². The maximum Gasteiger partial charge on any atom is 0.230 e. The van der Waals surface area contributed by atoms with Gasteiger partial charge in [-0.2, -0.15) is 0 Å². The topological polar surface area (TPSA) is 105 Å². The number of hydrogen-bond donors (Lipinski definition) is 1. The highest BCUT2D eigenvalue weighted by atomic mass is 16.5. The predicted octanol–water partition coefficient (Wildman–Crippen LogP) is -0.449. The first-order valence-electron chi connectivity index (χ1n) is 8.96. The van der Waals surface area contributed by atoms with E-state index >= 15 is 0 Å². The second-order valence-corrected chi connectivity index (χ2v) is 7.33. The van der Waals surface area contributed by atoms with Crippen LogP contribution in [0.15, 0.2) is 29.0 Å². The van der Waals surface area contributed by atoms with Gasteiger partial charge >= 0.3 is 0 Å². The molecule has 3 aliphatic rings. The van der Waals surface area contributed by atoms with Gasteiger partial charge in [0.1, 0.15) is 17.6 Å². The second kappa shape index (κ2) is 6.49. The normalized spacial score (nSPS) is 30.7. The first kappa shape index (κ1) is 17.7. The van der Waals surface area contributed by atoms with Crippen LogP contribution in [-0.2, 0) is 25.7 Å². The average Bonchev–Trinajstić information content (AvgIpc) is 3.37. The SMILES string of the molecule is CC(=O)NCCN1C[C@]23C=C[C@H](O2)C(C(=O)N(C)Cc2ccon2)C3C1=O. The van der Waals surface area contributed by atoms with E-state index in [1.165, 1.54) is 13.2 Å². The molecule has 1 spiro atoms. The molecular weight excluding hydrogens is 352 g/mol. The molecular formula is C18H22N4O5. The van der Waals surface area contributed by atoms with Crippen LogP contribution in [0.1, 0.15) is 12.6 Å². The molecule has 9 heteroatoms. The molecule has 0 aliphatic carbocycles. The number of hydrogen-bond acceptors (Lipinski definition) is 6. The van der Waals surface area contributed by atoms with Crippen molar-refractivity contribution in [1.29, 1.82) is 0 Å². The monoisotopic (exact) mass is 374 g/mol. The van der Waals surface area contributed by atoms with Gasteiger partial charge in [-0.15, -0.1) is 0 Å². The summed E-state index contributed by atoms with van der Waals surface area (Å²) >= 11 is 0. The van der Waals surface area contributed by atoms with Crippen molar-refractivity contribution in [2.75, 3.05) is 26.7 Å². The zero-order valence-corrected chi connectivity index (χ0v) is 15.3. The quantitative estimate of drug-likeness (QED) is 0.677. The van der Waals surface area contributed by atoms with Crippen LogP contribution in [0, 0.1) is 11.8 Å². The molecule has 2 unspecified atom stereocenters. The lowest BCUT2D eigenvalue weighted by atomic mass is 9.76. The summed E-state index contributed by atoms with van der Waals surface area (Å²) in [6, 6.07) is 1.70. The fraction of sp³-hybridized carbons (Fsp3) is 0.556. The number of amides is 3. The van der Waals surface area contributed by atoms with Crippen LogP contribution < -0.4 is 5.32 Å². The maximum absolute atomic E-state index is 13.1. The Hall–Kier alpha value is -2.68. The summed E-state index contributed by atoms with van der Waals surface area (Å²) in [6.45, 7) is 2.92. The van der Waals surface area contributed by atoms with Crippen molar-refractivity contribution in [2.45, 2.75) is 25.2 Å². The highest BCUT2D eigenvalue weighted by Gasteiger charge is 2.66. The molecule has 4 heterocycles. The van der Waals surface area contributed by atoms with Gasteiger partial charge in [-0.1, -0.05) is 17.3 Å². The number of carbonyl (C=O) groups is 3. The van der Waals surface area contributed by atoms with E-state index in [0.29, 0.717) is 31.9 Å². The highest BCUT2D eigenvalue weighted by Crippen LogP contribution is 2.52. The molecule has 2 fully saturated rings. The van der Waals surface area contributed by atoms with Crippen molar-refractivity contribution in [3.05, 3.63) is 30.2 Å². The Morgan fingerprint density at radius 2 is 2.30 bits per heavy atom. The van der Waals surface area contributed by atoms with Gasteiger partial charge in [-0.05, 0) is 0 Å². The van der Waals surface area contributed by atoms with Crippen LogP contribution in [0.25, 0.3) is 0 Å². The highest BCUT2D eigenvalue weighted by molar-refractivity contribution is 5.93. The minimum absolute atomic E-state index is 0.0969. The molecule has 27 heavy (non-hydrogen) atoms. The molecule has 144 valence electrons. The summed E-state index contributed by atoms with van der Waals surface area (Å²) in [5.74, 6) is -1.46. The van der Waals surface area contributed by atoms with E-state index in [4.69, 9.17) is 9.26 Å². The number of nitrogens with one attached hydrogen (secondary N) is 1. The Morgan fingerprint density at radius 1 is 1.48 bits per heavy atom. The van der Waals surface area contributed by atoms with E-state index in [0.717, 1.165) is 0 Å². The standard InChI is InChI=1S/C18H22N4O5/c1-11(23)19-6-7-22-10-18-5-3-13(27-18)14(15(18)17(22)25)16(24)21(2)9-12-4-8-26-20-12/h3-5,8,13-15H,6-7,9-10H2,1-2H3,(H,19,23)/t13-,14?,15?,18-/m0/s1. The smallest absolute Gasteiger partial charge is 0.230 e. The third-order valence-electron chi connectivity index (χ3n) is 5.49. The Kier molecular flexibility index (Phi) is 4.26. The van der Waals surface area contributed by atoms with Crippen molar-refractivity contribution < 1.29 is 23.6 Å². The van der Waals surface area contributed by atoms with Crippen molar-refractivity contribution in [3.63, 3.8) is 0 Å². The summed E-state index contributed by atoms with van der Waals surface area (Å²) in [5, 5.41) is 6.52. The van der Waals surface area contributed by atoms with Crippen LogP contribution in [0.2, 0.25) is 0 Å². The van der Waals surface area contributed by atoms with Crippen molar-refractivity contribution in [3.8, 4) is 0 Å². The van der Waals surface area contributed by atoms with Gasteiger partial charge in [0.25, 0.3) is 0 Å². The van der Waals surface area contributed by atoms with Gasteiger partial charge in [-0.3, -0.25) is 14.4 Å². The molecule has 4 atom stereocenters. The van der Waals surface area contributed by atoms with Gasteiger partial charge in [0.05, 0.1) is 31.0 Å². The number of aromatic nitrogens is 1. The molecule has 0 radical (unpaired) electrons. The lowest BCUT2D eigenvalue weighted by Crippen LogP contribution is -2.44. The van der Waals surface area contributed by atoms with E-state index in [1.807, 2.05) is 12.2 Å². The number of nitrogens with zero attached hydrogens (tertiary/aromatic N) is 3. The van der Waals surface area contributed by atoms with Crippen LogP contribution in [0.5, 0.6) is 0 Å². The van der Waals surface area contributed by atoms with Gasteiger partial charge in [0, 0.05) is 33.1 Å². The largest absolute Gasteiger partial charge is 0.364 e. The molecule has 1 aromatic heterocycles. The minimum Gasteiger partial charge on any atom is -0.364 e. The van der Waals surface area contributed by atoms with E-state index < -0.39 is 17.4 Å². The third-order valence-corrected chi connectivity index (χ3v) is 5.49. The molecule has 3 aliphatic heterocycles. The van der Waals surface area contributed by atoms with Gasteiger partial charge in [0.2, 0.25) is 17.7 Å². The molecule has 2 saturated heterocycles. The Morgan fingerprint density at radius 3 is 3.00 bits per heavy atom. The number of rotatable bonds is 6. The number of fused-ring (bicyclic) bond motifs is 1. The predicted molar refractivity (Wildman–Crippen MR) is 92.0 cm³/mol. The number of carbonyl (C=O) groups excluding carboxylic acids is 3. The molecule has 4 rings (SSSR count). The lowest BCUT2D eigenvalue weighted by molar-refractivity contribution is -0.142. The number of likely N-dealkylation sites (tertiary alicyclic amines) is 1. The first-order valence-corrected chi connectivity index (χ1v) is 8.96. The number of ether oxygens (including phenoxy) is 1. The lowest BCUT2D eigenvalue weighted by Gasteiger charge is -2.27. The summed E-state index contributed by atoms with van der Waals surface area (Å²) < 4.78 is 10.9. The third kappa shape index (κ3) is 2.91. The summed E-state index contributed by atoms with van der Waals surface area (Å²) in [6.07, 6.45) is 4.87. The van der Waals surface area contributed by atoms with Crippen molar-refractivity contribution >= 4 is 17.7 Å². The average molecular weight is 374 g/mol. The van der Waals surface area contributed by atoms with E-state index in [1.54, 1.807) is 22.9 Å². The van der Waals surface area contributed by atoms with Crippen molar-refractivity contribution in [2.24, 2.45) is 11.8 Å². The minimum atomic E-state index is -0.743. The maximum atomic E-state index is 13.1. The van der Waals surface area contributed by atoms with Crippen molar-refractivity contribution in [1.82, 2.24) is 20.3 Å². The zero-order valence-electron chi connectivity index (χ0n) is 15.3. The summed E-state index contributed by atoms with van der Waals surface area (Å²) in [5.41, 5.74) is -0.0950. The molecule has 1 N–H and O–H groups in total. The molecule has 0 saturated carbocycles. The van der Waals surface area contributed by atoms with Gasteiger partial charge < -0.3 is 24.4 Å². The first-order chi connectivity index (χ1) is 12.9. The zero-order chi connectivity index (χ0) is 19.2. The Labute approximate surface area is 156 Å². The van der Waals surface area contributed by atoms with E-state index in [9.17, 15) is 14.4 Å². The Balaban J connectivity index is 1.48. The van der Waals surface area contributed by atoms with Gasteiger partial charge in [-0.25, -0.2) is 0 Å². The Bertz CT molecular complexity index is 792. The summed E-state index contributed by atoms with van der Waals surface area (Å²) in [7, 11) is 1.69. The van der Waals surface area contributed by atoms with Crippen LogP contribution in [0.4, 0.5) is 0 Å². The molecule has 0 aromatic carbocycles. The molecule has 1 aromatic rings. The summed E-state index contributed by atoms with van der Waals surface area (Å²) in [4.78, 5) is 40.4. The molecule has 3 amide bonds. The second-order valence-electron chi connectivity index (χ2n) is 7.33. The fourth-order valence-electron chi connectivity index (χ4n) is 4.31. The molecule has 2 bridgehead atoms. The van der Waals surface area contributed by atoms with Gasteiger partial charge in [0.15, 0.2) is 0 Å². The fourth-order valence-corrected chi connectivity index (χ4v) is 4.31.